The number of nitrogens with two attached hydrogens (primary N) is 1. The summed E-state index contributed by atoms with van der Waals surface area (Å²) in [5.41, 5.74) is 7.40. The molecule has 2 aromatic rings. The Hall–Kier alpha value is -0.100. The predicted molar refractivity (Wildman–Crippen MR) is 85.2 cm³/mol. The maximum Gasteiger partial charge on any atom is 0.100 e. The molecule has 6 heteroatoms. The second-order valence-electron chi connectivity index (χ2n) is 4.09. The third-order valence-electron chi connectivity index (χ3n) is 2.94. The molecule has 19 heavy (non-hydrogen) atoms. The lowest BCUT2D eigenvalue weighted by atomic mass is 9.90. The topological polar surface area (TPSA) is 46.2 Å². The summed E-state index contributed by atoms with van der Waals surface area (Å²) in [5, 5.41) is 10.5. The molecule has 2 atom stereocenters. The SMILES string of the molecule is NCC(c1ccccc1Br)C(O)c1cc(Cl)sc1Cl. The van der Waals surface area contributed by atoms with E-state index < -0.39 is 6.10 Å². The lowest BCUT2D eigenvalue weighted by Crippen LogP contribution is -2.20. The Balaban J connectivity index is 2.37. The fourth-order valence-corrected chi connectivity index (χ4v) is 4.09. The van der Waals surface area contributed by atoms with Gasteiger partial charge in [0.25, 0.3) is 0 Å². The average Bonchev–Trinajstić information content (AvgIpc) is 2.71. The first-order valence-electron chi connectivity index (χ1n) is 5.62. The zero-order chi connectivity index (χ0) is 14.0. The van der Waals surface area contributed by atoms with Crippen LogP contribution in [0.15, 0.2) is 34.8 Å². The van der Waals surface area contributed by atoms with Crippen molar-refractivity contribution in [2.45, 2.75) is 12.0 Å². The maximum absolute atomic E-state index is 10.5. The maximum atomic E-state index is 10.5. The molecule has 3 N–H and O–H groups in total. The third kappa shape index (κ3) is 3.32. The monoisotopic (exact) mass is 379 g/mol. The molecule has 2 unspecified atom stereocenters. The van der Waals surface area contributed by atoms with Crippen LogP contribution in [0.2, 0.25) is 8.67 Å². The molecule has 0 amide bonds. The summed E-state index contributed by atoms with van der Waals surface area (Å²) in [7, 11) is 0. The van der Waals surface area contributed by atoms with Crippen LogP contribution in [-0.2, 0) is 0 Å². The fraction of sp³-hybridized carbons (Fsp3) is 0.231. The van der Waals surface area contributed by atoms with E-state index in [4.69, 9.17) is 28.9 Å². The molecule has 102 valence electrons. The highest BCUT2D eigenvalue weighted by molar-refractivity contribution is 9.10. The van der Waals surface area contributed by atoms with Crippen LogP contribution in [0.25, 0.3) is 0 Å². The Morgan fingerprint density at radius 2 is 1.95 bits per heavy atom. The molecule has 0 spiro atoms. The minimum absolute atomic E-state index is 0.237. The molecule has 0 saturated heterocycles. The van der Waals surface area contributed by atoms with Gasteiger partial charge in [-0.2, -0.15) is 0 Å². The second-order valence-corrected chi connectivity index (χ2v) is 7.23. The van der Waals surface area contributed by atoms with Crippen molar-refractivity contribution in [2.24, 2.45) is 5.73 Å². The number of aliphatic hydroxyl groups excluding tert-OH is 1. The molecule has 1 aromatic carbocycles. The Labute approximate surface area is 134 Å². The van der Waals surface area contributed by atoms with Crippen molar-refractivity contribution in [1.29, 1.82) is 0 Å². The second kappa shape index (κ2) is 6.57. The molecular formula is C13H12BrCl2NOS. The van der Waals surface area contributed by atoms with Gasteiger partial charge >= 0.3 is 0 Å². The summed E-state index contributed by atoms with van der Waals surface area (Å²) < 4.78 is 1.98. The molecular weight excluding hydrogens is 369 g/mol. The highest BCUT2D eigenvalue weighted by Gasteiger charge is 2.26. The first-order valence-corrected chi connectivity index (χ1v) is 7.98. The Morgan fingerprint density at radius 3 is 2.47 bits per heavy atom. The largest absolute Gasteiger partial charge is 0.388 e. The van der Waals surface area contributed by atoms with Crippen LogP contribution >= 0.6 is 50.5 Å². The summed E-state index contributed by atoms with van der Waals surface area (Å²) in [6.07, 6.45) is -0.778. The van der Waals surface area contributed by atoms with E-state index in [9.17, 15) is 5.11 Å². The van der Waals surface area contributed by atoms with Crippen molar-refractivity contribution in [2.75, 3.05) is 6.54 Å². The van der Waals surface area contributed by atoms with Crippen molar-refractivity contribution in [3.63, 3.8) is 0 Å². The van der Waals surface area contributed by atoms with Gasteiger partial charge in [-0.05, 0) is 17.7 Å². The molecule has 0 radical (unpaired) electrons. The van der Waals surface area contributed by atoms with Gasteiger partial charge in [0.15, 0.2) is 0 Å². The number of thiophene rings is 1. The van der Waals surface area contributed by atoms with Gasteiger partial charge in [-0.25, -0.2) is 0 Å². The molecule has 1 aromatic heterocycles. The lowest BCUT2D eigenvalue weighted by molar-refractivity contribution is 0.147. The Bertz CT molecular complexity index is 576. The van der Waals surface area contributed by atoms with Crippen molar-refractivity contribution in [1.82, 2.24) is 0 Å². The summed E-state index contributed by atoms with van der Waals surface area (Å²) >= 11 is 16.7. The quantitative estimate of drug-likeness (QED) is 0.814. The normalized spacial score (nSPS) is 14.4. The first-order chi connectivity index (χ1) is 9.04. The van der Waals surface area contributed by atoms with E-state index in [1.165, 1.54) is 11.3 Å². The average molecular weight is 381 g/mol. The molecule has 2 nitrogen and oxygen atoms in total. The number of hydrogen-bond donors (Lipinski definition) is 2. The fourth-order valence-electron chi connectivity index (χ4n) is 1.97. The van der Waals surface area contributed by atoms with E-state index in [-0.39, 0.29) is 5.92 Å². The molecule has 0 bridgehead atoms. The van der Waals surface area contributed by atoms with Gasteiger partial charge in [0.05, 0.1) is 10.4 Å². The lowest BCUT2D eigenvalue weighted by Gasteiger charge is -2.22. The number of benzene rings is 1. The minimum Gasteiger partial charge on any atom is -0.388 e. The smallest absolute Gasteiger partial charge is 0.100 e. The van der Waals surface area contributed by atoms with Crippen LogP contribution in [0.4, 0.5) is 0 Å². The van der Waals surface area contributed by atoms with Crippen LogP contribution in [0, 0.1) is 0 Å². The molecule has 0 fully saturated rings. The van der Waals surface area contributed by atoms with Crippen LogP contribution in [0.1, 0.15) is 23.1 Å². The van der Waals surface area contributed by atoms with Gasteiger partial charge in [0.2, 0.25) is 0 Å². The van der Waals surface area contributed by atoms with E-state index in [1.807, 2.05) is 24.3 Å². The Morgan fingerprint density at radius 1 is 1.26 bits per heavy atom. The number of aliphatic hydroxyl groups is 1. The van der Waals surface area contributed by atoms with Gasteiger partial charge in [0, 0.05) is 22.5 Å². The Kier molecular flexibility index (Phi) is 5.29. The number of halogens is 3. The third-order valence-corrected chi connectivity index (χ3v) is 5.18. The van der Waals surface area contributed by atoms with Gasteiger partial charge in [-0.15, -0.1) is 11.3 Å². The van der Waals surface area contributed by atoms with E-state index in [0.717, 1.165) is 10.0 Å². The van der Waals surface area contributed by atoms with Crippen molar-refractivity contribution in [3.8, 4) is 0 Å². The van der Waals surface area contributed by atoms with E-state index >= 15 is 0 Å². The highest BCUT2D eigenvalue weighted by Crippen LogP contribution is 2.41. The number of hydrogen-bond acceptors (Lipinski definition) is 3. The molecule has 1 heterocycles. The molecule has 0 aliphatic carbocycles. The van der Waals surface area contributed by atoms with E-state index in [1.54, 1.807) is 6.07 Å². The standard InChI is InChI=1S/C13H12BrCl2NOS/c14-10-4-2-1-3-7(10)9(6-17)12(18)8-5-11(15)19-13(8)16/h1-5,9,12,18H,6,17H2. The molecule has 0 saturated carbocycles. The van der Waals surface area contributed by atoms with Gasteiger partial charge < -0.3 is 10.8 Å². The summed E-state index contributed by atoms with van der Waals surface area (Å²) in [6, 6.07) is 9.39. The van der Waals surface area contributed by atoms with Gasteiger partial charge in [-0.3, -0.25) is 0 Å². The van der Waals surface area contributed by atoms with Crippen molar-refractivity contribution < 1.29 is 5.11 Å². The number of rotatable bonds is 4. The van der Waals surface area contributed by atoms with Crippen LogP contribution in [0.5, 0.6) is 0 Å². The van der Waals surface area contributed by atoms with Crippen LogP contribution < -0.4 is 5.73 Å². The van der Waals surface area contributed by atoms with Gasteiger partial charge in [0.1, 0.15) is 4.34 Å². The molecule has 0 aliphatic heterocycles. The van der Waals surface area contributed by atoms with Crippen molar-refractivity contribution in [3.05, 3.63) is 54.6 Å². The summed E-state index contributed by atoms with van der Waals surface area (Å²) in [4.78, 5) is 0. The zero-order valence-electron chi connectivity index (χ0n) is 9.82. The predicted octanol–water partition coefficient (Wildman–Crippen LogP) is 4.59. The molecule has 0 aliphatic rings. The zero-order valence-corrected chi connectivity index (χ0v) is 13.7. The van der Waals surface area contributed by atoms with Crippen molar-refractivity contribution >= 4 is 50.5 Å². The summed E-state index contributed by atoms with van der Waals surface area (Å²) in [6.45, 7) is 0.313. The van der Waals surface area contributed by atoms with E-state index in [0.29, 0.717) is 20.8 Å². The highest BCUT2D eigenvalue weighted by atomic mass is 79.9. The summed E-state index contributed by atoms with van der Waals surface area (Å²) in [5.74, 6) is -0.237. The van der Waals surface area contributed by atoms with E-state index in [2.05, 4.69) is 15.9 Å². The first kappa shape index (κ1) is 15.3. The van der Waals surface area contributed by atoms with Crippen LogP contribution in [0.3, 0.4) is 0 Å². The minimum atomic E-state index is -0.778. The molecule has 2 rings (SSSR count). The van der Waals surface area contributed by atoms with Gasteiger partial charge in [-0.1, -0.05) is 57.3 Å². The van der Waals surface area contributed by atoms with Crippen LogP contribution in [-0.4, -0.2) is 11.7 Å².